The molecule has 0 saturated heterocycles. The minimum atomic E-state index is -3.55. The Morgan fingerprint density at radius 3 is 2.31 bits per heavy atom. The van der Waals surface area contributed by atoms with Gasteiger partial charge in [0.2, 0.25) is 15.9 Å². The van der Waals surface area contributed by atoms with E-state index in [1.807, 2.05) is 18.2 Å². The Labute approximate surface area is 234 Å². The van der Waals surface area contributed by atoms with Gasteiger partial charge >= 0.3 is 0 Å². The number of hydrogen-bond acceptors (Lipinski definition) is 6. The molecule has 0 heterocycles. The number of carbonyl (C=O) groups is 2. The third-order valence-corrected chi connectivity index (χ3v) is 7.32. The molecule has 208 valence electrons. The molecular formula is C28H32ClN3O6S. The Balaban J connectivity index is 1.55. The summed E-state index contributed by atoms with van der Waals surface area (Å²) >= 11 is 5.91. The Morgan fingerprint density at radius 1 is 0.949 bits per heavy atom. The first-order valence-electron chi connectivity index (χ1n) is 12.2. The van der Waals surface area contributed by atoms with Crippen LogP contribution in [0.15, 0.2) is 66.7 Å². The van der Waals surface area contributed by atoms with Gasteiger partial charge in [-0.3, -0.25) is 13.9 Å². The van der Waals surface area contributed by atoms with E-state index < -0.39 is 10.0 Å². The molecule has 9 nitrogen and oxygen atoms in total. The Morgan fingerprint density at radius 2 is 1.64 bits per heavy atom. The van der Waals surface area contributed by atoms with Gasteiger partial charge in [0, 0.05) is 24.5 Å². The van der Waals surface area contributed by atoms with Gasteiger partial charge in [-0.25, -0.2) is 8.42 Å². The van der Waals surface area contributed by atoms with Crippen molar-refractivity contribution in [3.63, 3.8) is 0 Å². The van der Waals surface area contributed by atoms with Gasteiger partial charge in [-0.1, -0.05) is 29.8 Å². The van der Waals surface area contributed by atoms with E-state index in [-0.39, 0.29) is 31.2 Å². The van der Waals surface area contributed by atoms with Gasteiger partial charge in [-0.2, -0.15) is 0 Å². The average Bonchev–Trinajstić information content (AvgIpc) is 2.91. The summed E-state index contributed by atoms with van der Waals surface area (Å²) in [5.41, 5.74) is 2.15. The molecule has 0 saturated carbocycles. The molecule has 3 rings (SSSR count). The van der Waals surface area contributed by atoms with E-state index in [4.69, 9.17) is 21.1 Å². The predicted octanol–water partition coefficient (Wildman–Crippen LogP) is 4.51. The van der Waals surface area contributed by atoms with E-state index >= 15 is 0 Å². The largest absolute Gasteiger partial charge is 0.493 e. The molecule has 0 radical (unpaired) electrons. The van der Waals surface area contributed by atoms with Crippen LogP contribution in [-0.2, 0) is 21.2 Å². The number of amides is 2. The number of rotatable bonds is 13. The van der Waals surface area contributed by atoms with Gasteiger partial charge < -0.3 is 20.1 Å². The zero-order valence-electron chi connectivity index (χ0n) is 22.1. The van der Waals surface area contributed by atoms with E-state index in [0.29, 0.717) is 46.4 Å². The quantitative estimate of drug-likeness (QED) is 0.311. The van der Waals surface area contributed by atoms with Crippen LogP contribution in [0.4, 0.5) is 11.4 Å². The molecule has 0 fully saturated rings. The first-order chi connectivity index (χ1) is 18.6. The lowest BCUT2D eigenvalue weighted by molar-refractivity contribution is -0.116. The average molecular weight is 574 g/mol. The maximum atomic E-state index is 12.9. The Hall–Kier alpha value is -3.76. The highest BCUT2D eigenvalue weighted by Gasteiger charge is 2.18. The fourth-order valence-corrected chi connectivity index (χ4v) is 5.02. The highest BCUT2D eigenvalue weighted by Crippen LogP contribution is 2.27. The van der Waals surface area contributed by atoms with E-state index in [9.17, 15) is 18.0 Å². The number of benzene rings is 3. The summed E-state index contributed by atoms with van der Waals surface area (Å²) in [5, 5.41) is 6.15. The summed E-state index contributed by atoms with van der Waals surface area (Å²) in [4.78, 5) is 25.5. The maximum absolute atomic E-state index is 12.9. The van der Waals surface area contributed by atoms with Gasteiger partial charge in [-0.05, 0) is 66.9 Å². The van der Waals surface area contributed by atoms with Crippen LogP contribution < -0.4 is 24.4 Å². The second-order valence-corrected chi connectivity index (χ2v) is 11.0. The van der Waals surface area contributed by atoms with Crippen molar-refractivity contribution in [2.24, 2.45) is 0 Å². The van der Waals surface area contributed by atoms with Crippen molar-refractivity contribution in [1.29, 1.82) is 0 Å². The maximum Gasteiger partial charge on any atom is 0.253 e. The van der Waals surface area contributed by atoms with Gasteiger partial charge in [0.05, 0.1) is 37.4 Å². The first-order valence-corrected chi connectivity index (χ1v) is 14.5. The van der Waals surface area contributed by atoms with Gasteiger partial charge in [-0.15, -0.1) is 0 Å². The van der Waals surface area contributed by atoms with E-state index in [2.05, 4.69) is 10.6 Å². The van der Waals surface area contributed by atoms with Crippen LogP contribution in [-0.4, -0.2) is 53.8 Å². The minimum absolute atomic E-state index is 0.0644. The third kappa shape index (κ3) is 8.62. The minimum Gasteiger partial charge on any atom is -0.493 e. The first kappa shape index (κ1) is 29.8. The molecule has 3 aromatic carbocycles. The summed E-state index contributed by atoms with van der Waals surface area (Å²) in [6.45, 7) is 0.495. The van der Waals surface area contributed by atoms with Crippen LogP contribution in [0, 0.1) is 0 Å². The highest BCUT2D eigenvalue weighted by molar-refractivity contribution is 7.92. The lowest BCUT2D eigenvalue weighted by Crippen LogP contribution is -2.31. The zero-order valence-corrected chi connectivity index (χ0v) is 23.6. The monoisotopic (exact) mass is 573 g/mol. The third-order valence-electron chi connectivity index (χ3n) is 5.87. The van der Waals surface area contributed by atoms with Crippen molar-refractivity contribution in [3.8, 4) is 11.5 Å². The number of hydrogen-bond donors (Lipinski definition) is 2. The van der Waals surface area contributed by atoms with Crippen molar-refractivity contribution in [1.82, 2.24) is 5.32 Å². The normalized spacial score (nSPS) is 11.0. The Kier molecular flexibility index (Phi) is 10.6. The number of ether oxygens (including phenoxy) is 2. The molecule has 0 atom stereocenters. The Bertz CT molecular complexity index is 1400. The van der Waals surface area contributed by atoms with Crippen LogP contribution in [0.5, 0.6) is 11.5 Å². The van der Waals surface area contributed by atoms with Crippen LogP contribution in [0.2, 0.25) is 5.02 Å². The van der Waals surface area contributed by atoms with Gasteiger partial charge in [0.1, 0.15) is 0 Å². The second-order valence-electron chi connectivity index (χ2n) is 8.70. The summed E-state index contributed by atoms with van der Waals surface area (Å²) in [6, 6.07) is 18.7. The fourth-order valence-electron chi connectivity index (χ4n) is 3.93. The van der Waals surface area contributed by atoms with Crippen molar-refractivity contribution < 1.29 is 27.5 Å². The molecule has 0 aliphatic heterocycles. The molecule has 39 heavy (non-hydrogen) atoms. The lowest BCUT2D eigenvalue weighted by Gasteiger charge is -2.22. The molecular weight excluding hydrogens is 542 g/mol. The second kappa shape index (κ2) is 13.9. The van der Waals surface area contributed by atoms with E-state index in [1.54, 1.807) is 62.8 Å². The highest BCUT2D eigenvalue weighted by atomic mass is 35.5. The molecule has 0 bridgehead atoms. The van der Waals surface area contributed by atoms with E-state index in [1.165, 1.54) is 4.31 Å². The number of nitrogens with one attached hydrogen (secondary N) is 2. The number of halogens is 1. The fraction of sp³-hybridized carbons (Fsp3) is 0.286. The number of anilines is 2. The number of para-hydroxylation sites is 1. The summed E-state index contributed by atoms with van der Waals surface area (Å²) < 4.78 is 36.4. The number of sulfonamides is 1. The molecule has 11 heteroatoms. The van der Waals surface area contributed by atoms with Crippen molar-refractivity contribution in [3.05, 3.63) is 82.9 Å². The molecule has 0 aliphatic carbocycles. The van der Waals surface area contributed by atoms with Crippen LogP contribution >= 0.6 is 11.6 Å². The van der Waals surface area contributed by atoms with Crippen molar-refractivity contribution in [2.75, 3.05) is 43.2 Å². The van der Waals surface area contributed by atoms with Crippen LogP contribution in [0.3, 0.4) is 0 Å². The molecule has 0 aromatic heterocycles. The molecule has 0 aliphatic rings. The molecule has 0 spiro atoms. The standard InChI is InChI=1S/C28H32ClN3O6S/c1-37-25-15-10-20(19-26(25)38-2)16-17-30-28(34)23-7-4-5-8-24(23)31-27(33)9-6-18-32(39(3,35)36)22-13-11-21(29)12-14-22/h4-5,7-8,10-15,19H,6,9,16-18H2,1-3H3,(H,30,34)(H,31,33). The van der Waals surface area contributed by atoms with Gasteiger partial charge in [0.25, 0.3) is 5.91 Å². The van der Waals surface area contributed by atoms with Crippen LogP contribution in [0.1, 0.15) is 28.8 Å². The van der Waals surface area contributed by atoms with Crippen molar-refractivity contribution >= 4 is 44.8 Å². The molecule has 0 unspecified atom stereocenters. The summed E-state index contributed by atoms with van der Waals surface area (Å²) in [6.07, 6.45) is 2.03. The van der Waals surface area contributed by atoms with Crippen molar-refractivity contribution in [2.45, 2.75) is 19.3 Å². The van der Waals surface area contributed by atoms with E-state index in [0.717, 1.165) is 11.8 Å². The SMILES string of the molecule is COc1ccc(CCNC(=O)c2ccccc2NC(=O)CCCN(c2ccc(Cl)cc2)S(C)(=O)=O)cc1OC. The number of methoxy groups -OCH3 is 2. The van der Waals surface area contributed by atoms with Gasteiger partial charge in [0.15, 0.2) is 11.5 Å². The smallest absolute Gasteiger partial charge is 0.253 e. The number of carbonyl (C=O) groups excluding carboxylic acids is 2. The predicted molar refractivity (Wildman–Crippen MR) is 154 cm³/mol. The molecule has 2 N–H and O–H groups in total. The lowest BCUT2D eigenvalue weighted by atomic mass is 10.1. The molecule has 2 amide bonds. The summed E-state index contributed by atoms with van der Waals surface area (Å²) in [5.74, 6) is 0.591. The summed E-state index contributed by atoms with van der Waals surface area (Å²) in [7, 11) is -0.415. The topological polar surface area (TPSA) is 114 Å². The zero-order chi connectivity index (χ0) is 28.4. The molecule has 3 aromatic rings. The van der Waals surface area contributed by atoms with Crippen LogP contribution in [0.25, 0.3) is 0 Å². The number of nitrogens with zero attached hydrogens (tertiary/aromatic N) is 1.